The Morgan fingerprint density at radius 1 is 0.730 bits per heavy atom. The van der Waals surface area contributed by atoms with Gasteiger partial charge >= 0.3 is 6.09 Å². The molecular weight excluding hydrogens is 799 g/mol. The molecule has 7 aromatic rings. The van der Waals surface area contributed by atoms with Gasteiger partial charge in [-0.2, -0.15) is 0 Å². The maximum absolute atomic E-state index is 13.9. The number of aromatic nitrogens is 5. The monoisotopic (exact) mass is 843 g/mol. The minimum Gasteiger partial charge on any atom is -0.453 e. The lowest BCUT2D eigenvalue weighted by molar-refractivity contribution is -0.136. The number of fused-ring (bicyclic) bond motifs is 1. The smallest absolute Gasteiger partial charge is 0.407 e. The Morgan fingerprint density at radius 2 is 1.29 bits per heavy atom. The molecular formula is C48H45N9O6. The van der Waals surface area contributed by atoms with E-state index in [-0.39, 0.29) is 29.5 Å². The van der Waals surface area contributed by atoms with E-state index >= 15 is 0 Å². The predicted molar refractivity (Wildman–Crippen MR) is 235 cm³/mol. The van der Waals surface area contributed by atoms with Crippen LogP contribution < -0.4 is 16.2 Å². The highest BCUT2D eigenvalue weighted by molar-refractivity contribution is 5.88. The van der Waals surface area contributed by atoms with Crippen molar-refractivity contribution in [2.24, 2.45) is 0 Å². The Bertz CT molecular complexity index is 2840. The van der Waals surface area contributed by atoms with Gasteiger partial charge in [-0.25, -0.2) is 14.8 Å². The molecule has 15 heteroatoms. The molecule has 0 unspecified atom stereocenters. The molecule has 2 aliphatic rings. The van der Waals surface area contributed by atoms with Crippen LogP contribution in [-0.2, 0) is 19.1 Å². The fourth-order valence-corrected chi connectivity index (χ4v) is 8.82. The normalized spacial score (nSPS) is 17.0. The van der Waals surface area contributed by atoms with Crippen molar-refractivity contribution in [1.82, 2.24) is 44.9 Å². The number of nitrogens with one attached hydrogen (secondary N) is 4. The molecule has 0 radical (unpaired) electrons. The average Bonchev–Trinajstić information content (AvgIpc) is 4.18. The van der Waals surface area contributed by atoms with E-state index in [9.17, 15) is 24.0 Å². The fourth-order valence-electron chi connectivity index (χ4n) is 8.82. The number of ether oxygens (including phenoxy) is 1. The van der Waals surface area contributed by atoms with E-state index < -0.39 is 18.2 Å². The molecule has 63 heavy (non-hydrogen) atoms. The van der Waals surface area contributed by atoms with Crippen LogP contribution in [0.4, 0.5) is 4.79 Å². The molecule has 0 bridgehead atoms. The second-order valence-electron chi connectivity index (χ2n) is 15.7. The van der Waals surface area contributed by atoms with Crippen LogP contribution >= 0.6 is 0 Å². The minimum atomic E-state index is -0.909. The van der Waals surface area contributed by atoms with E-state index in [0.29, 0.717) is 59.8 Å². The Kier molecular flexibility index (Phi) is 11.4. The summed E-state index contributed by atoms with van der Waals surface area (Å²) in [5, 5.41) is 6.71. The van der Waals surface area contributed by atoms with Crippen LogP contribution in [0.5, 0.6) is 0 Å². The van der Waals surface area contributed by atoms with Gasteiger partial charge in [0.2, 0.25) is 12.3 Å². The summed E-state index contributed by atoms with van der Waals surface area (Å²) in [5.41, 5.74) is 5.13. The summed E-state index contributed by atoms with van der Waals surface area (Å²) in [6.45, 7) is 1.07. The van der Waals surface area contributed by atoms with Crippen LogP contribution in [0.1, 0.15) is 72.6 Å². The van der Waals surface area contributed by atoms with Gasteiger partial charge < -0.3 is 35.1 Å². The summed E-state index contributed by atoms with van der Waals surface area (Å²) in [7, 11) is 1.27. The number of imidazole rings is 2. The van der Waals surface area contributed by atoms with Crippen molar-refractivity contribution in [1.29, 1.82) is 0 Å². The van der Waals surface area contributed by atoms with Crippen LogP contribution in [-0.4, -0.2) is 78.8 Å². The first-order chi connectivity index (χ1) is 30.8. The molecule has 5 heterocycles. The van der Waals surface area contributed by atoms with Gasteiger partial charge in [-0.15, -0.1) is 0 Å². The van der Waals surface area contributed by atoms with Crippen molar-refractivity contribution in [2.75, 3.05) is 20.2 Å². The zero-order valence-corrected chi connectivity index (χ0v) is 34.4. The maximum atomic E-state index is 13.9. The highest BCUT2D eigenvalue weighted by Gasteiger charge is 2.38. The van der Waals surface area contributed by atoms with E-state index in [4.69, 9.17) is 4.74 Å². The summed E-state index contributed by atoms with van der Waals surface area (Å²) in [4.78, 5) is 85.0. The standard InChI is InChI=1S/C48H45N9O6/c1-63-48(62)54-42(32-12-6-3-7-13-32)47(61)57-24-9-15-40(57)43-49-27-37(52-43)30-16-19-35(20-17-30)55-25-22-33-26-34(18-21-36(33)45(55)59)38-28-50-44(53-38)39-14-8-23-56(39)46(60)41(51-29-58)31-10-4-2-5-11-31/h2-7,10-13,16-22,25-29,39-42H,8-9,14-15,23-24H2,1H3,(H,49,52)(H,50,53)(H,51,58)(H,54,62)/t39-,40-,41+,42+/m0/s1. The Balaban J connectivity index is 0.893. The summed E-state index contributed by atoms with van der Waals surface area (Å²) in [5.74, 6) is 0.884. The predicted octanol–water partition coefficient (Wildman–Crippen LogP) is 6.68. The topological polar surface area (TPSA) is 187 Å². The molecule has 0 aliphatic carbocycles. The lowest BCUT2D eigenvalue weighted by Gasteiger charge is -2.28. The number of benzene rings is 4. The number of pyridine rings is 1. The van der Waals surface area contributed by atoms with Crippen molar-refractivity contribution >= 4 is 35.1 Å². The molecule has 0 saturated carbocycles. The first-order valence-electron chi connectivity index (χ1n) is 20.9. The zero-order valence-electron chi connectivity index (χ0n) is 34.4. The van der Waals surface area contributed by atoms with Crippen molar-refractivity contribution < 1.29 is 23.9 Å². The molecule has 4 aromatic carbocycles. The summed E-state index contributed by atoms with van der Waals surface area (Å²) < 4.78 is 6.43. The number of rotatable bonds is 12. The van der Waals surface area contributed by atoms with Gasteiger partial charge in [0.25, 0.3) is 11.5 Å². The first kappa shape index (κ1) is 40.6. The minimum absolute atomic E-state index is 0.167. The number of hydrogen-bond donors (Lipinski definition) is 4. The van der Waals surface area contributed by atoms with Crippen molar-refractivity contribution in [3.8, 4) is 28.2 Å². The molecule has 2 aliphatic heterocycles. The third-order valence-electron chi connectivity index (χ3n) is 12.0. The van der Waals surface area contributed by atoms with Crippen molar-refractivity contribution in [2.45, 2.75) is 49.9 Å². The van der Waals surface area contributed by atoms with Crippen LogP contribution in [0.2, 0.25) is 0 Å². The lowest BCUT2D eigenvalue weighted by atomic mass is 10.1. The van der Waals surface area contributed by atoms with E-state index in [1.165, 1.54) is 7.11 Å². The van der Waals surface area contributed by atoms with E-state index in [1.54, 1.807) is 45.1 Å². The molecule has 4 N–H and O–H groups in total. The quantitative estimate of drug-likeness (QED) is 0.0981. The van der Waals surface area contributed by atoms with Crippen molar-refractivity contribution in [3.05, 3.63) is 161 Å². The third kappa shape index (κ3) is 8.08. The third-order valence-corrected chi connectivity index (χ3v) is 12.0. The molecule has 3 aromatic heterocycles. The summed E-state index contributed by atoms with van der Waals surface area (Å²) in [6.07, 6.45) is 8.17. The van der Waals surface area contributed by atoms with Gasteiger partial charge in [-0.3, -0.25) is 23.7 Å². The SMILES string of the molecule is COC(=O)N[C@@H](C(=O)N1CCC[C@H]1c1ncc(-c2ccc(-n3ccc4cc(-c5cnc([C@@H]6CCCN6C(=O)[C@H](NC=O)c6ccccc6)[nH]5)ccc4c3=O)cc2)[nH]1)c1ccccc1. The maximum Gasteiger partial charge on any atom is 0.407 e. The number of methoxy groups -OCH3 is 1. The summed E-state index contributed by atoms with van der Waals surface area (Å²) >= 11 is 0. The van der Waals surface area contributed by atoms with Gasteiger partial charge in [0, 0.05) is 35.9 Å². The largest absolute Gasteiger partial charge is 0.453 e. The zero-order chi connectivity index (χ0) is 43.5. The van der Waals surface area contributed by atoms with Gasteiger partial charge in [0.1, 0.15) is 23.7 Å². The van der Waals surface area contributed by atoms with E-state index in [2.05, 4.69) is 30.6 Å². The number of carbonyl (C=O) groups is 4. The fraction of sp³-hybridized carbons (Fsp3) is 0.229. The average molecular weight is 844 g/mol. The molecule has 15 nitrogen and oxygen atoms in total. The molecule has 4 amide bonds. The van der Waals surface area contributed by atoms with Crippen LogP contribution in [0.25, 0.3) is 39.0 Å². The van der Waals surface area contributed by atoms with Gasteiger partial charge in [0.05, 0.1) is 43.0 Å². The van der Waals surface area contributed by atoms with Crippen LogP contribution in [0.15, 0.2) is 133 Å². The highest BCUT2D eigenvalue weighted by atomic mass is 16.5. The molecule has 4 atom stereocenters. The second-order valence-corrected chi connectivity index (χ2v) is 15.7. The van der Waals surface area contributed by atoms with Gasteiger partial charge in [-0.05, 0) is 78.1 Å². The molecule has 318 valence electrons. The molecule has 2 fully saturated rings. The van der Waals surface area contributed by atoms with E-state index in [1.807, 2.05) is 97.1 Å². The second kappa shape index (κ2) is 17.7. The number of H-pyrrole nitrogens is 2. The summed E-state index contributed by atoms with van der Waals surface area (Å²) in [6, 6.07) is 31.2. The van der Waals surface area contributed by atoms with Gasteiger partial charge in [0.15, 0.2) is 0 Å². The number of likely N-dealkylation sites (tertiary alicyclic amines) is 2. The molecule has 9 rings (SSSR count). The molecule has 0 spiro atoms. The number of hydrogen-bond acceptors (Lipinski definition) is 8. The Labute approximate surface area is 362 Å². The molecule has 2 saturated heterocycles. The van der Waals surface area contributed by atoms with Crippen molar-refractivity contribution in [3.63, 3.8) is 0 Å². The lowest BCUT2D eigenvalue weighted by Crippen LogP contribution is -2.42. The first-order valence-corrected chi connectivity index (χ1v) is 20.9. The van der Waals surface area contributed by atoms with Crippen LogP contribution in [0.3, 0.4) is 0 Å². The van der Waals surface area contributed by atoms with Gasteiger partial charge in [-0.1, -0.05) is 78.9 Å². The number of carbonyl (C=O) groups excluding carboxylic acids is 4. The Hall–Kier alpha value is -7.81. The number of alkyl carbamates (subject to hydrolysis) is 1. The van der Waals surface area contributed by atoms with Crippen LogP contribution in [0, 0.1) is 0 Å². The highest BCUT2D eigenvalue weighted by Crippen LogP contribution is 2.36. The van der Waals surface area contributed by atoms with E-state index in [0.717, 1.165) is 47.2 Å². The Morgan fingerprint density at radius 3 is 1.87 bits per heavy atom. The number of aromatic amines is 2. The number of nitrogens with zero attached hydrogens (tertiary/aromatic N) is 5. The number of amides is 4.